The fourth-order valence-electron chi connectivity index (χ4n) is 3.60. The first-order valence-corrected chi connectivity index (χ1v) is 9.51. The Bertz CT molecular complexity index is 1030. The van der Waals surface area contributed by atoms with Gasteiger partial charge in [-0.15, -0.1) is 0 Å². The average Bonchev–Trinajstić information content (AvgIpc) is 3.52. The van der Waals surface area contributed by atoms with Crippen LogP contribution in [0.25, 0.3) is 11.4 Å². The Labute approximate surface area is 169 Å². The van der Waals surface area contributed by atoms with Crippen LogP contribution in [0.4, 0.5) is 0 Å². The van der Waals surface area contributed by atoms with Gasteiger partial charge >= 0.3 is 5.97 Å². The van der Waals surface area contributed by atoms with Crippen LogP contribution < -0.4 is 9.47 Å². The second kappa shape index (κ2) is 7.91. The first-order chi connectivity index (χ1) is 14.1. The molecule has 0 aliphatic heterocycles. The molecule has 1 saturated carbocycles. The van der Waals surface area contributed by atoms with Gasteiger partial charge in [0.1, 0.15) is 18.1 Å². The van der Waals surface area contributed by atoms with E-state index < -0.39 is 5.97 Å². The van der Waals surface area contributed by atoms with Crippen LogP contribution in [0, 0.1) is 0 Å². The maximum atomic E-state index is 11.3. The summed E-state index contributed by atoms with van der Waals surface area (Å²) >= 11 is 0. The minimum absolute atomic E-state index is 0.124. The standard InChI is InChI=1S/C23H22N2O4/c1-28-19-8-4-2-6-17(19)22-24-13-10-16(25-22)15-29-20-9-5-3-7-18(20)23(11-12-23)14-21(26)27/h2-10,13H,11-12,14-15H2,1H3,(H,26,27). The van der Waals surface area contributed by atoms with E-state index in [1.54, 1.807) is 13.3 Å². The minimum Gasteiger partial charge on any atom is -0.496 e. The molecular formula is C23H22N2O4. The molecule has 6 nitrogen and oxygen atoms in total. The van der Waals surface area contributed by atoms with Crippen molar-refractivity contribution in [2.75, 3.05) is 7.11 Å². The lowest BCUT2D eigenvalue weighted by atomic mass is 9.91. The fourth-order valence-corrected chi connectivity index (χ4v) is 3.60. The fraction of sp³-hybridized carbons (Fsp3) is 0.261. The van der Waals surface area contributed by atoms with Crippen molar-refractivity contribution in [2.45, 2.75) is 31.3 Å². The van der Waals surface area contributed by atoms with E-state index in [1.165, 1.54) is 0 Å². The van der Waals surface area contributed by atoms with Crippen LogP contribution in [0.1, 0.15) is 30.5 Å². The number of carboxylic acids is 1. The highest BCUT2D eigenvalue weighted by atomic mass is 16.5. The molecule has 2 aromatic carbocycles. The number of benzene rings is 2. The summed E-state index contributed by atoms with van der Waals surface area (Å²) in [6.45, 7) is 0.269. The monoisotopic (exact) mass is 390 g/mol. The zero-order valence-electron chi connectivity index (χ0n) is 16.2. The molecule has 1 aliphatic carbocycles. The number of ether oxygens (including phenoxy) is 2. The summed E-state index contributed by atoms with van der Waals surface area (Å²) in [5.74, 6) is 1.21. The van der Waals surface area contributed by atoms with E-state index in [2.05, 4.69) is 9.97 Å². The molecule has 0 bridgehead atoms. The Morgan fingerprint density at radius 1 is 1.07 bits per heavy atom. The lowest BCUT2D eigenvalue weighted by Crippen LogP contribution is -2.14. The number of para-hydroxylation sites is 2. The molecule has 148 valence electrons. The van der Waals surface area contributed by atoms with E-state index in [0.717, 1.165) is 29.7 Å². The molecular weight excluding hydrogens is 368 g/mol. The molecule has 0 spiro atoms. The van der Waals surface area contributed by atoms with Gasteiger partial charge in [0.2, 0.25) is 0 Å². The highest BCUT2D eigenvalue weighted by molar-refractivity contribution is 5.70. The average molecular weight is 390 g/mol. The molecule has 1 aliphatic rings. The van der Waals surface area contributed by atoms with Gasteiger partial charge in [-0.2, -0.15) is 0 Å². The first-order valence-electron chi connectivity index (χ1n) is 9.51. The van der Waals surface area contributed by atoms with Crippen molar-refractivity contribution in [1.29, 1.82) is 0 Å². The van der Waals surface area contributed by atoms with Gasteiger partial charge in [-0.1, -0.05) is 30.3 Å². The second-order valence-electron chi connectivity index (χ2n) is 7.21. The SMILES string of the molecule is COc1ccccc1-c1nccc(COc2ccccc2C2(CC(=O)O)CC2)n1. The summed E-state index contributed by atoms with van der Waals surface area (Å²) in [6, 6.07) is 17.1. The smallest absolute Gasteiger partial charge is 0.304 e. The number of aromatic nitrogens is 2. The van der Waals surface area contributed by atoms with E-state index in [4.69, 9.17) is 9.47 Å². The molecule has 0 amide bonds. The maximum Gasteiger partial charge on any atom is 0.304 e. The summed E-state index contributed by atoms with van der Waals surface area (Å²) < 4.78 is 11.5. The van der Waals surface area contributed by atoms with Crippen molar-refractivity contribution >= 4 is 5.97 Å². The maximum absolute atomic E-state index is 11.3. The van der Waals surface area contributed by atoms with E-state index in [-0.39, 0.29) is 18.4 Å². The Morgan fingerprint density at radius 3 is 2.52 bits per heavy atom. The summed E-state index contributed by atoms with van der Waals surface area (Å²) in [7, 11) is 1.62. The van der Waals surface area contributed by atoms with Crippen LogP contribution in [0.5, 0.6) is 11.5 Å². The van der Waals surface area contributed by atoms with E-state index >= 15 is 0 Å². The molecule has 0 radical (unpaired) electrons. The molecule has 29 heavy (non-hydrogen) atoms. The minimum atomic E-state index is -0.783. The van der Waals surface area contributed by atoms with E-state index in [0.29, 0.717) is 17.3 Å². The molecule has 6 heteroatoms. The molecule has 0 atom stereocenters. The number of rotatable bonds is 8. The van der Waals surface area contributed by atoms with Gasteiger partial charge in [0.15, 0.2) is 5.82 Å². The molecule has 0 saturated heterocycles. The molecule has 1 aromatic heterocycles. The van der Waals surface area contributed by atoms with Crippen LogP contribution >= 0.6 is 0 Å². The van der Waals surface area contributed by atoms with Crippen molar-refractivity contribution in [3.8, 4) is 22.9 Å². The second-order valence-corrected chi connectivity index (χ2v) is 7.21. The van der Waals surface area contributed by atoms with Crippen molar-refractivity contribution in [3.63, 3.8) is 0 Å². The normalized spacial score (nSPS) is 14.2. The Kier molecular flexibility index (Phi) is 5.16. The number of hydrogen-bond donors (Lipinski definition) is 1. The number of nitrogens with zero attached hydrogens (tertiary/aromatic N) is 2. The Morgan fingerprint density at radius 2 is 1.79 bits per heavy atom. The third kappa shape index (κ3) is 4.06. The lowest BCUT2D eigenvalue weighted by molar-refractivity contribution is -0.137. The number of methoxy groups -OCH3 is 1. The van der Waals surface area contributed by atoms with Crippen molar-refractivity contribution in [1.82, 2.24) is 9.97 Å². The number of hydrogen-bond acceptors (Lipinski definition) is 5. The third-order valence-corrected chi connectivity index (χ3v) is 5.24. The van der Waals surface area contributed by atoms with Crippen LogP contribution in [-0.2, 0) is 16.8 Å². The topological polar surface area (TPSA) is 81.5 Å². The number of aliphatic carboxylic acids is 1. The first kappa shape index (κ1) is 18.9. The van der Waals surface area contributed by atoms with Crippen LogP contribution in [0.15, 0.2) is 60.8 Å². The van der Waals surface area contributed by atoms with E-state index in [9.17, 15) is 9.90 Å². The predicted octanol–water partition coefficient (Wildman–Crippen LogP) is 4.24. The quantitative estimate of drug-likeness (QED) is 0.620. The van der Waals surface area contributed by atoms with Crippen LogP contribution in [0.2, 0.25) is 0 Å². The summed E-state index contributed by atoms with van der Waals surface area (Å²) in [5, 5.41) is 9.26. The predicted molar refractivity (Wildman–Crippen MR) is 108 cm³/mol. The van der Waals surface area contributed by atoms with Gasteiger partial charge in [0.25, 0.3) is 0 Å². The Balaban J connectivity index is 1.55. The molecule has 1 fully saturated rings. The molecule has 3 aromatic rings. The van der Waals surface area contributed by atoms with Crippen molar-refractivity contribution in [3.05, 3.63) is 72.1 Å². The summed E-state index contributed by atoms with van der Waals surface area (Å²) in [5.41, 5.74) is 2.20. The number of carboxylic acid groups (broad SMARTS) is 1. The largest absolute Gasteiger partial charge is 0.496 e. The van der Waals surface area contributed by atoms with Crippen LogP contribution in [0.3, 0.4) is 0 Å². The Hall–Kier alpha value is -3.41. The summed E-state index contributed by atoms with van der Waals surface area (Å²) in [4.78, 5) is 20.2. The number of carbonyl (C=O) groups is 1. The third-order valence-electron chi connectivity index (χ3n) is 5.24. The molecule has 1 N–H and O–H groups in total. The zero-order valence-corrected chi connectivity index (χ0v) is 16.2. The van der Waals surface area contributed by atoms with E-state index in [1.807, 2.05) is 54.6 Å². The highest BCUT2D eigenvalue weighted by Crippen LogP contribution is 2.53. The van der Waals surface area contributed by atoms with Gasteiger partial charge in [-0.25, -0.2) is 9.97 Å². The van der Waals surface area contributed by atoms with Crippen molar-refractivity contribution in [2.24, 2.45) is 0 Å². The molecule has 1 heterocycles. The highest BCUT2D eigenvalue weighted by Gasteiger charge is 2.47. The summed E-state index contributed by atoms with van der Waals surface area (Å²) in [6.07, 6.45) is 3.56. The van der Waals surface area contributed by atoms with Gasteiger partial charge < -0.3 is 14.6 Å². The van der Waals surface area contributed by atoms with Gasteiger partial charge in [0, 0.05) is 17.2 Å². The van der Waals surface area contributed by atoms with Crippen LogP contribution in [-0.4, -0.2) is 28.2 Å². The van der Waals surface area contributed by atoms with Crippen molar-refractivity contribution < 1.29 is 19.4 Å². The van der Waals surface area contributed by atoms with Gasteiger partial charge in [-0.3, -0.25) is 4.79 Å². The molecule has 4 rings (SSSR count). The molecule has 0 unspecified atom stereocenters. The zero-order chi connectivity index (χ0) is 20.3. The van der Waals surface area contributed by atoms with Gasteiger partial charge in [-0.05, 0) is 37.1 Å². The van der Waals surface area contributed by atoms with Gasteiger partial charge in [0.05, 0.1) is 24.8 Å². The lowest BCUT2D eigenvalue weighted by Gasteiger charge is -2.18.